The molecule has 1 aromatic carbocycles. The standard InChI is InChI=1S/C16H23NO/c1-10(2)15(14(6)18)13(5)17-16-11(3)8-7-9-12(16)4/h7-10,15H,1-6H3. The van der Waals surface area contributed by atoms with Gasteiger partial charge in [0.1, 0.15) is 5.78 Å². The first-order valence-electron chi connectivity index (χ1n) is 6.46. The molecule has 98 valence electrons. The van der Waals surface area contributed by atoms with Crippen LogP contribution < -0.4 is 0 Å². The Labute approximate surface area is 110 Å². The van der Waals surface area contributed by atoms with Crippen LogP contribution in [0.4, 0.5) is 5.69 Å². The zero-order chi connectivity index (χ0) is 13.9. The monoisotopic (exact) mass is 245 g/mol. The first-order valence-corrected chi connectivity index (χ1v) is 6.46. The number of benzene rings is 1. The van der Waals surface area contributed by atoms with Gasteiger partial charge >= 0.3 is 0 Å². The molecule has 2 heteroatoms. The molecule has 0 spiro atoms. The third-order valence-electron chi connectivity index (χ3n) is 3.28. The molecule has 0 heterocycles. The van der Waals surface area contributed by atoms with Gasteiger partial charge < -0.3 is 0 Å². The largest absolute Gasteiger partial charge is 0.299 e. The summed E-state index contributed by atoms with van der Waals surface area (Å²) in [6.45, 7) is 11.8. The van der Waals surface area contributed by atoms with Gasteiger partial charge in [0.05, 0.1) is 11.6 Å². The summed E-state index contributed by atoms with van der Waals surface area (Å²) in [4.78, 5) is 16.4. The Morgan fingerprint density at radius 2 is 1.61 bits per heavy atom. The van der Waals surface area contributed by atoms with Gasteiger partial charge in [-0.1, -0.05) is 32.0 Å². The average Bonchev–Trinajstić information content (AvgIpc) is 2.22. The summed E-state index contributed by atoms with van der Waals surface area (Å²) in [5.74, 6) is 0.400. The van der Waals surface area contributed by atoms with Crippen molar-refractivity contribution in [1.29, 1.82) is 0 Å². The van der Waals surface area contributed by atoms with E-state index in [-0.39, 0.29) is 17.6 Å². The Morgan fingerprint density at radius 1 is 1.11 bits per heavy atom. The average molecular weight is 245 g/mol. The zero-order valence-electron chi connectivity index (χ0n) is 12.2. The summed E-state index contributed by atoms with van der Waals surface area (Å²) in [6, 6.07) is 6.14. The van der Waals surface area contributed by atoms with Crippen LogP contribution >= 0.6 is 0 Å². The van der Waals surface area contributed by atoms with Gasteiger partial charge in [0.15, 0.2) is 0 Å². The Kier molecular flexibility index (Phi) is 4.83. The molecule has 2 nitrogen and oxygen atoms in total. The van der Waals surface area contributed by atoms with E-state index in [1.165, 1.54) is 0 Å². The van der Waals surface area contributed by atoms with Crippen molar-refractivity contribution in [2.24, 2.45) is 16.8 Å². The topological polar surface area (TPSA) is 29.4 Å². The van der Waals surface area contributed by atoms with E-state index in [0.717, 1.165) is 22.5 Å². The fourth-order valence-electron chi connectivity index (χ4n) is 2.47. The Morgan fingerprint density at radius 3 is 2.00 bits per heavy atom. The van der Waals surface area contributed by atoms with Gasteiger partial charge in [0.25, 0.3) is 0 Å². The SMILES string of the molecule is CC(=O)C(C(C)=Nc1c(C)cccc1C)C(C)C. The molecular weight excluding hydrogens is 222 g/mol. The lowest BCUT2D eigenvalue weighted by molar-refractivity contribution is -0.119. The van der Waals surface area contributed by atoms with E-state index in [2.05, 4.69) is 39.8 Å². The molecule has 0 saturated heterocycles. The molecule has 1 rings (SSSR count). The Hall–Kier alpha value is -1.44. The molecule has 18 heavy (non-hydrogen) atoms. The fraction of sp³-hybridized carbons (Fsp3) is 0.500. The molecule has 1 atom stereocenters. The second-order valence-corrected chi connectivity index (χ2v) is 5.33. The van der Waals surface area contributed by atoms with E-state index in [9.17, 15) is 4.79 Å². The van der Waals surface area contributed by atoms with Crippen LogP contribution in [0.25, 0.3) is 0 Å². The van der Waals surface area contributed by atoms with Crippen LogP contribution in [0.5, 0.6) is 0 Å². The Bertz CT molecular complexity index is 452. The van der Waals surface area contributed by atoms with Crippen molar-refractivity contribution >= 4 is 17.2 Å². The quantitative estimate of drug-likeness (QED) is 0.729. The second-order valence-electron chi connectivity index (χ2n) is 5.33. The number of rotatable bonds is 4. The summed E-state index contributed by atoms with van der Waals surface area (Å²) in [5.41, 5.74) is 4.22. The van der Waals surface area contributed by atoms with Gasteiger partial charge in [0.2, 0.25) is 0 Å². The number of nitrogens with zero attached hydrogens (tertiary/aromatic N) is 1. The van der Waals surface area contributed by atoms with Crippen LogP contribution in [-0.4, -0.2) is 11.5 Å². The van der Waals surface area contributed by atoms with E-state index < -0.39 is 0 Å². The third kappa shape index (κ3) is 3.28. The van der Waals surface area contributed by atoms with Crippen LogP contribution in [0, 0.1) is 25.7 Å². The summed E-state index contributed by atoms with van der Waals surface area (Å²) in [7, 11) is 0. The highest BCUT2D eigenvalue weighted by Gasteiger charge is 2.21. The molecule has 0 aromatic heterocycles. The molecule has 0 radical (unpaired) electrons. The van der Waals surface area contributed by atoms with Crippen molar-refractivity contribution in [3.63, 3.8) is 0 Å². The molecule has 0 aliphatic rings. The number of aryl methyl sites for hydroxylation is 2. The van der Waals surface area contributed by atoms with Crippen molar-refractivity contribution < 1.29 is 4.79 Å². The van der Waals surface area contributed by atoms with Gasteiger partial charge in [-0.25, -0.2) is 0 Å². The normalized spacial score (nSPS) is 13.8. The molecule has 0 amide bonds. The van der Waals surface area contributed by atoms with Gasteiger partial charge in [-0.15, -0.1) is 0 Å². The minimum Gasteiger partial charge on any atom is -0.299 e. The molecule has 1 aromatic rings. The van der Waals surface area contributed by atoms with Gasteiger partial charge in [-0.3, -0.25) is 9.79 Å². The van der Waals surface area contributed by atoms with Gasteiger partial charge in [-0.2, -0.15) is 0 Å². The third-order valence-corrected chi connectivity index (χ3v) is 3.28. The van der Waals surface area contributed by atoms with Crippen LogP contribution in [0.15, 0.2) is 23.2 Å². The smallest absolute Gasteiger partial charge is 0.138 e. The number of carbonyl (C=O) groups is 1. The highest BCUT2D eigenvalue weighted by Crippen LogP contribution is 2.25. The molecule has 0 fully saturated rings. The van der Waals surface area contributed by atoms with Crippen LogP contribution in [0.1, 0.15) is 38.8 Å². The van der Waals surface area contributed by atoms with Crippen molar-refractivity contribution in [3.05, 3.63) is 29.3 Å². The van der Waals surface area contributed by atoms with E-state index >= 15 is 0 Å². The minimum absolute atomic E-state index is 0.0796. The molecule has 0 saturated carbocycles. The van der Waals surface area contributed by atoms with Crippen molar-refractivity contribution in [3.8, 4) is 0 Å². The summed E-state index contributed by atoms with van der Waals surface area (Å²) >= 11 is 0. The fourth-order valence-corrected chi connectivity index (χ4v) is 2.47. The first kappa shape index (κ1) is 14.6. The number of hydrogen-bond acceptors (Lipinski definition) is 2. The predicted octanol–water partition coefficient (Wildman–Crippen LogP) is 4.26. The minimum atomic E-state index is -0.0796. The van der Waals surface area contributed by atoms with Crippen molar-refractivity contribution in [2.45, 2.75) is 41.5 Å². The number of para-hydroxylation sites is 1. The zero-order valence-corrected chi connectivity index (χ0v) is 12.2. The second kappa shape index (κ2) is 5.94. The number of carbonyl (C=O) groups excluding carboxylic acids is 1. The molecule has 0 aliphatic carbocycles. The van der Waals surface area contributed by atoms with E-state index in [0.29, 0.717) is 0 Å². The maximum absolute atomic E-state index is 11.7. The maximum Gasteiger partial charge on any atom is 0.138 e. The predicted molar refractivity (Wildman–Crippen MR) is 77.7 cm³/mol. The molecule has 0 bridgehead atoms. The first-order chi connectivity index (χ1) is 8.34. The number of ketones is 1. The number of aliphatic imine (C=N–C) groups is 1. The highest BCUT2D eigenvalue weighted by atomic mass is 16.1. The summed E-state index contributed by atoms with van der Waals surface area (Å²) in [5, 5.41) is 0. The van der Waals surface area contributed by atoms with E-state index in [1.807, 2.05) is 13.0 Å². The molecular formula is C16H23NO. The van der Waals surface area contributed by atoms with Gasteiger partial charge in [-0.05, 0) is 44.7 Å². The molecule has 1 unspecified atom stereocenters. The van der Waals surface area contributed by atoms with Gasteiger partial charge in [0, 0.05) is 5.71 Å². The van der Waals surface area contributed by atoms with E-state index in [1.54, 1.807) is 6.92 Å². The Balaban J connectivity index is 3.19. The lowest BCUT2D eigenvalue weighted by Crippen LogP contribution is -2.25. The summed E-state index contributed by atoms with van der Waals surface area (Å²) < 4.78 is 0. The molecule has 0 N–H and O–H groups in total. The van der Waals surface area contributed by atoms with E-state index in [4.69, 9.17) is 4.99 Å². The lowest BCUT2D eigenvalue weighted by atomic mass is 9.88. The summed E-state index contributed by atoms with van der Waals surface area (Å²) in [6.07, 6.45) is 0. The highest BCUT2D eigenvalue weighted by molar-refractivity contribution is 6.04. The van der Waals surface area contributed by atoms with Crippen molar-refractivity contribution in [2.75, 3.05) is 0 Å². The number of hydrogen-bond donors (Lipinski definition) is 0. The van der Waals surface area contributed by atoms with Crippen LogP contribution in [0.2, 0.25) is 0 Å². The van der Waals surface area contributed by atoms with Crippen LogP contribution in [-0.2, 0) is 4.79 Å². The maximum atomic E-state index is 11.7. The number of Topliss-reactive ketones (excluding diaryl/α,β-unsaturated/α-hetero) is 1. The lowest BCUT2D eigenvalue weighted by Gasteiger charge is -2.18. The van der Waals surface area contributed by atoms with Crippen LogP contribution in [0.3, 0.4) is 0 Å². The molecule has 0 aliphatic heterocycles. The van der Waals surface area contributed by atoms with Crippen molar-refractivity contribution in [1.82, 2.24) is 0 Å².